The number of nitrogens with one attached hydrogen (secondary N) is 2. The first-order valence-corrected chi connectivity index (χ1v) is 6.61. The van der Waals surface area contributed by atoms with Crippen molar-refractivity contribution in [3.63, 3.8) is 0 Å². The first kappa shape index (κ1) is 16.9. The zero-order valence-electron chi connectivity index (χ0n) is 11.8. The van der Waals surface area contributed by atoms with Crippen molar-refractivity contribution >= 4 is 11.8 Å². The Bertz CT molecular complexity index is 252. The fraction of sp³-hybridized carbons (Fsp3) is 0.846. The highest BCUT2D eigenvalue weighted by atomic mass is 16.5. The Morgan fingerprint density at radius 3 is 2.11 bits per heavy atom. The molecule has 0 aliphatic rings. The molecule has 0 aliphatic heterocycles. The zero-order valence-corrected chi connectivity index (χ0v) is 11.8. The Morgan fingerprint density at radius 2 is 1.61 bits per heavy atom. The molecule has 5 nitrogen and oxygen atoms in total. The largest absolute Gasteiger partial charge is 0.375 e. The van der Waals surface area contributed by atoms with Gasteiger partial charge in [-0.05, 0) is 12.8 Å². The van der Waals surface area contributed by atoms with E-state index in [1.54, 1.807) is 0 Å². The van der Waals surface area contributed by atoms with Crippen molar-refractivity contribution in [3.8, 4) is 0 Å². The molecule has 5 heteroatoms. The number of unbranched alkanes of at least 4 members (excludes halogenated alkanes) is 3. The number of ether oxygens (including phenoxy) is 1. The number of amides is 2. The Labute approximate surface area is 113 Å². The van der Waals surface area contributed by atoms with Crippen LogP contribution in [-0.2, 0) is 14.3 Å². The SMILES string of the molecule is COCC(=O)NCCCCCCNC(=O)C(C)C.[HH].[HH]. The second kappa shape index (κ2) is 11.0. The van der Waals surface area contributed by atoms with Crippen LogP contribution in [-0.4, -0.2) is 38.6 Å². The smallest absolute Gasteiger partial charge is 0.245 e. The zero-order chi connectivity index (χ0) is 13.8. The minimum atomic E-state index is -0.0679. The van der Waals surface area contributed by atoms with E-state index >= 15 is 0 Å². The third-order valence-electron chi connectivity index (χ3n) is 2.52. The van der Waals surface area contributed by atoms with Gasteiger partial charge in [-0.3, -0.25) is 9.59 Å². The molecule has 0 aromatic carbocycles. The van der Waals surface area contributed by atoms with Crippen LogP contribution in [0.3, 0.4) is 0 Å². The standard InChI is InChI=1S/C13H26N2O3.2H2/c1-11(2)13(17)15-9-7-5-4-6-8-14-12(16)10-18-3;;/h11H,4-10H2,1-3H3,(H,14,16)(H,15,17);2*1H. The Kier molecular flexibility index (Phi) is 10.3. The van der Waals surface area contributed by atoms with Gasteiger partial charge in [-0.2, -0.15) is 0 Å². The van der Waals surface area contributed by atoms with Crippen molar-refractivity contribution in [2.24, 2.45) is 5.92 Å². The molecule has 18 heavy (non-hydrogen) atoms. The highest BCUT2D eigenvalue weighted by molar-refractivity contribution is 5.77. The van der Waals surface area contributed by atoms with Crippen LogP contribution in [0.5, 0.6) is 0 Å². The highest BCUT2D eigenvalue weighted by Gasteiger charge is 2.04. The van der Waals surface area contributed by atoms with Crippen LogP contribution in [0, 0.1) is 5.92 Å². The normalized spacial score (nSPS) is 10.4. The van der Waals surface area contributed by atoms with Gasteiger partial charge in [-0.25, -0.2) is 0 Å². The molecule has 0 saturated heterocycles. The van der Waals surface area contributed by atoms with Gasteiger partial charge < -0.3 is 15.4 Å². The Hall–Kier alpha value is -1.10. The van der Waals surface area contributed by atoms with E-state index in [1.165, 1.54) is 7.11 Å². The lowest BCUT2D eigenvalue weighted by Gasteiger charge is -2.07. The van der Waals surface area contributed by atoms with E-state index in [2.05, 4.69) is 10.6 Å². The van der Waals surface area contributed by atoms with Gasteiger partial charge in [0.05, 0.1) is 0 Å². The van der Waals surface area contributed by atoms with Crippen molar-refractivity contribution < 1.29 is 17.2 Å². The van der Waals surface area contributed by atoms with Gasteiger partial charge in [-0.15, -0.1) is 0 Å². The lowest BCUT2D eigenvalue weighted by atomic mass is 10.1. The number of carbonyl (C=O) groups excluding carboxylic acids is 2. The molecule has 110 valence electrons. The molecule has 0 fully saturated rings. The van der Waals surface area contributed by atoms with Gasteiger partial charge >= 0.3 is 0 Å². The molecule has 0 aliphatic carbocycles. The molecule has 0 rings (SSSR count). The molecule has 0 aromatic heterocycles. The third kappa shape index (κ3) is 10.1. The number of hydrogen-bond acceptors (Lipinski definition) is 3. The summed E-state index contributed by atoms with van der Waals surface area (Å²) < 4.78 is 4.70. The maximum absolute atomic E-state index is 11.2. The fourth-order valence-electron chi connectivity index (χ4n) is 1.43. The summed E-state index contributed by atoms with van der Waals surface area (Å²) in [6.45, 7) is 5.34. The van der Waals surface area contributed by atoms with E-state index in [0.717, 1.165) is 32.2 Å². The van der Waals surface area contributed by atoms with Gasteiger partial charge in [0, 0.05) is 29.0 Å². The number of carbonyl (C=O) groups is 2. The lowest BCUT2D eigenvalue weighted by molar-refractivity contribution is -0.125. The summed E-state index contributed by atoms with van der Waals surface area (Å²) in [5.74, 6) is 0.101. The summed E-state index contributed by atoms with van der Waals surface area (Å²) in [6.07, 6.45) is 4.08. The maximum atomic E-state index is 11.2. The summed E-state index contributed by atoms with van der Waals surface area (Å²) >= 11 is 0. The summed E-state index contributed by atoms with van der Waals surface area (Å²) in [5, 5.41) is 5.66. The molecule has 2 amide bonds. The molecule has 0 unspecified atom stereocenters. The molecular formula is C13H30N2O3. The molecule has 0 spiro atoms. The van der Waals surface area contributed by atoms with E-state index in [4.69, 9.17) is 4.74 Å². The van der Waals surface area contributed by atoms with Gasteiger partial charge in [0.2, 0.25) is 11.8 Å². The van der Waals surface area contributed by atoms with Crippen molar-refractivity contribution in [1.29, 1.82) is 0 Å². The summed E-state index contributed by atoms with van der Waals surface area (Å²) in [5.41, 5.74) is 0. The van der Waals surface area contributed by atoms with Crippen LogP contribution < -0.4 is 10.6 Å². The summed E-state index contributed by atoms with van der Waals surface area (Å²) in [7, 11) is 1.50. The average molecular weight is 262 g/mol. The predicted octanol–water partition coefficient (Wildman–Crippen LogP) is 1.57. The number of hydrogen-bond donors (Lipinski definition) is 2. The van der Waals surface area contributed by atoms with Crippen molar-refractivity contribution in [1.82, 2.24) is 10.6 Å². The fourth-order valence-corrected chi connectivity index (χ4v) is 1.43. The molecule has 0 saturated carbocycles. The maximum Gasteiger partial charge on any atom is 0.245 e. The van der Waals surface area contributed by atoms with E-state index in [1.807, 2.05) is 13.8 Å². The van der Waals surface area contributed by atoms with Gasteiger partial charge in [0.25, 0.3) is 0 Å². The second-order valence-electron chi connectivity index (χ2n) is 4.64. The Morgan fingerprint density at radius 1 is 1.06 bits per heavy atom. The molecule has 0 atom stereocenters. The van der Waals surface area contributed by atoms with Crippen LogP contribution in [0.25, 0.3) is 0 Å². The van der Waals surface area contributed by atoms with Crippen LogP contribution in [0.2, 0.25) is 0 Å². The summed E-state index contributed by atoms with van der Waals surface area (Å²) in [4.78, 5) is 22.3. The number of methoxy groups -OCH3 is 1. The van der Waals surface area contributed by atoms with Crippen LogP contribution in [0.1, 0.15) is 42.4 Å². The van der Waals surface area contributed by atoms with E-state index in [0.29, 0.717) is 6.54 Å². The molecule has 0 heterocycles. The minimum absolute atomic E-state index is 0. The minimum Gasteiger partial charge on any atom is -0.375 e. The van der Waals surface area contributed by atoms with Gasteiger partial charge in [0.15, 0.2) is 0 Å². The van der Waals surface area contributed by atoms with Crippen molar-refractivity contribution in [3.05, 3.63) is 0 Å². The van der Waals surface area contributed by atoms with Crippen LogP contribution in [0.15, 0.2) is 0 Å². The second-order valence-corrected chi connectivity index (χ2v) is 4.64. The van der Waals surface area contributed by atoms with Crippen molar-refractivity contribution in [2.75, 3.05) is 26.8 Å². The topological polar surface area (TPSA) is 67.4 Å². The van der Waals surface area contributed by atoms with Crippen molar-refractivity contribution in [2.45, 2.75) is 39.5 Å². The molecule has 0 radical (unpaired) electrons. The summed E-state index contributed by atoms with van der Waals surface area (Å²) in [6, 6.07) is 0. The van der Waals surface area contributed by atoms with E-state index in [-0.39, 0.29) is 27.2 Å². The molecule has 0 bridgehead atoms. The van der Waals surface area contributed by atoms with Crippen LogP contribution >= 0.6 is 0 Å². The first-order chi connectivity index (χ1) is 8.57. The quantitative estimate of drug-likeness (QED) is 0.587. The van der Waals surface area contributed by atoms with Gasteiger partial charge in [-0.1, -0.05) is 26.7 Å². The molecule has 2 N–H and O–H groups in total. The van der Waals surface area contributed by atoms with E-state index in [9.17, 15) is 9.59 Å². The third-order valence-corrected chi connectivity index (χ3v) is 2.52. The lowest BCUT2D eigenvalue weighted by Crippen LogP contribution is -2.28. The highest BCUT2D eigenvalue weighted by Crippen LogP contribution is 1.98. The first-order valence-electron chi connectivity index (χ1n) is 6.61. The van der Waals surface area contributed by atoms with Gasteiger partial charge in [0.1, 0.15) is 6.61 Å². The molecule has 0 aromatic rings. The Balaban J connectivity index is -0.00000144. The number of rotatable bonds is 10. The predicted molar refractivity (Wildman–Crippen MR) is 75.4 cm³/mol. The van der Waals surface area contributed by atoms with E-state index < -0.39 is 0 Å². The average Bonchev–Trinajstić information content (AvgIpc) is 2.32. The van der Waals surface area contributed by atoms with Crippen LogP contribution in [0.4, 0.5) is 0 Å². The molecular weight excluding hydrogens is 232 g/mol. The monoisotopic (exact) mass is 262 g/mol.